The Hall–Kier alpha value is -2.98. The van der Waals surface area contributed by atoms with Crippen LogP contribution < -0.4 is 16.4 Å². The largest absolute Gasteiger partial charge is 0.448 e. The number of nitrogens with two attached hydrogens (primary N) is 1. The fourth-order valence-electron chi connectivity index (χ4n) is 3.03. The summed E-state index contributed by atoms with van der Waals surface area (Å²) in [5.74, 6) is 0.302. The Morgan fingerprint density at radius 3 is 2.69 bits per heavy atom. The number of hydrogen-bond acceptors (Lipinski definition) is 7. The van der Waals surface area contributed by atoms with Gasteiger partial charge in [0.15, 0.2) is 0 Å². The molecule has 0 aliphatic heterocycles. The highest BCUT2D eigenvalue weighted by atomic mass is 16.5. The summed E-state index contributed by atoms with van der Waals surface area (Å²) in [6.45, 7) is 4.02. The van der Waals surface area contributed by atoms with Gasteiger partial charge in [0.2, 0.25) is 5.91 Å². The van der Waals surface area contributed by atoms with Gasteiger partial charge in [0.1, 0.15) is 18.8 Å². The van der Waals surface area contributed by atoms with E-state index in [1.165, 1.54) is 11.9 Å². The molecule has 1 heterocycles. The van der Waals surface area contributed by atoms with E-state index in [9.17, 15) is 9.59 Å². The van der Waals surface area contributed by atoms with E-state index < -0.39 is 11.6 Å². The van der Waals surface area contributed by atoms with Crippen LogP contribution in [-0.2, 0) is 22.5 Å². The number of benzene rings is 1. The monoisotopic (exact) mass is 446 g/mol. The molecule has 1 aromatic carbocycles. The van der Waals surface area contributed by atoms with Gasteiger partial charge in [0.25, 0.3) is 0 Å². The molecule has 32 heavy (non-hydrogen) atoms. The molecule has 2 amide bonds. The van der Waals surface area contributed by atoms with Crippen LogP contribution in [0.5, 0.6) is 0 Å². The summed E-state index contributed by atoms with van der Waals surface area (Å²) in [5.41, 5.74) is 6.16. The molecule has 10 nitrogen and oxygen atoms in total. The lowest BCUT2D eigenvalue weighted by Crippen LogP contribution is -2.50. The number of rotatable bonds is 13. The molecule has 176 valence electrons. The van der Waals surface area contributed by atoms with Crippen LogP contribution in [0.4, 0.5) is 4.79 Å². The molecule has 1 aromatic heterocycles. The van der Waals surface area contributed by atoms with E-state index in [1.807, 2.05) is 18.2 Å². The highest BCUT2D eigenvalue weighted by molar-refractivity contribution is 5.85. The molecule has 0 saturated carbocycles. The van der Waals surface area contributed by atoms with Gasteiger partial charge in [0.05, 0.1) is 18.1 Å². The number of ether oxygens (including phenoxy) is 1. The van der Waals surface area contributed by atoms with E-state index in [4.69, 9.17) is 15.6 Å². The van der Waals surface area contributed by atoms with Gasteiger partial charge in [-0.2, -0.15) is 5.10 Å². The number of amides is 2. The Morgan fingerprint density at radius 2 is 2.00 bits per heavy atom. The number of hydrogen-bond donors (Lipinski definition) is 4. The Morgan fingerprint density at radius 1 is 1.25 bits per heavy atom. The minimum Gasteiger partial charge on any atom is -0.448 e. The molecular formula is C22H34N6O4. The van der Waals surface area contributed by atoms with E-state index in [-0.39, 0.29) is 25.2 Å². The standard InChI is InChI=1S/C22H34N6O4/c1-22(2,23)20(30)27-18(11-6-10-17-8-4-3-5-9-17)19-25-16-26-28(19)13-15-32-21(31)24-12-7-14-29/h3-5,8-9,16,18,29H,6-7,10-15,23H2,1-2H3,(H,24,31)(H,27,30). The van der Waals surface area contributed by atoms with Gasteiger partial charge in [-0.25, -0.2) is 14.5 Å². The van der Waals surface area contributed by atoms with Gasteiger partial charge in [-0.1, -0.05) is 30.3 Å². The molecule has 0 aliphatic carbocycles. The van der Waals surface area contributed by atoms with Crippen molar-refractivity contribution in [3.8, 4) is 0 Å². The van der Waals surface area contributed by atoms with Gasteiger partial charge in [-0.05, 0) is 45.1 Å². The number of carbonyl (C=O) groups excluding carboxylic acids is 2. The normalized spacial score (nSPS) is 12.2. The van der Waals surface area contributed by atoms with Crippen molar-refractivity contribution < 1.29 is 19.4 Å². The fraction of sp³-hybridized carbons (Fsp3) is 0.545. The van der Waals surface area contributed by atoms with E-state index in [0.717, 1.165) is 12.8 Å². The van der Waals surface area contributed by atoms with Crippen LogP contribution in [0, 0.1) is 0 Å². The summed E-state index contributed by atoms with van der Waals surface area (Å²) in [6, 6.07) is 9.75. The Balaban J connectivity index is 1.99. The number of carbonyl (C=O) groups is 2. The van der Waals surface area contributed by atoms with E-state index in [1.54, 1.807) is 18.5 Å². The lowest BCUT2D eigenvalue weighted by atomic mass is 10.0. The molecule has 0 saturated heterocycles. The summed E-state index contributed by atoms with van der Waals surface area (Å²) >= 11 is 0. The molecule has 5 N–H and O–H groups in total. The SMILES string of the molecule is CC(C)(N)C(=O)NC(CCCc1ccccc1)c1ncnn1CCOC(=O)NCCCO. The van der Waals surface area contributed by atoms with Gasteiger partial charge < -0.3 is 26.2 Å². The van der Waals surface area contributed by atoms with Crippen molar-refractivity contribution in [1.82, 2.24) is 25.4 Å². The predicted molar refractivity (Wildman–Crippen MR) is 120 cm³/mol. The van der Waals surface area contributed by atoms with Crippen LogP contribution in [0.3, 0.4) is 0 Å². The average molecular weight is 447 g/mol. The van der Waals surface area contributed by atoms with Crippen molar-refractivity contribution in [2.45, 2.75) is 57.7 Å². The quantitative estimate of drug-likeness (QED) is 0.339. The molecule has 0 aliphatic rings. The fourth-order valence-corrected chi connectivity index (χ4v) is 3.03. The first kappa shape index (κ1) is 25.3. The molecule has 0 spiro atoms. The molecular weight excluding hydrogens is 412 g/mol. The minimum atomic E-state index is -1.03. The maximum absolute atomic E-state index is 12.6. The average Bonchev–Trinajstić information content (AvgIpc) is 3.21. The highest BCUT2D eigenvalue weighted by Gasteiger charge is 2.27. The third kappa shape index (κ3) is 8.64. The first-order valence-corrected chi connectivity index (χ1v) is 10.8. The first-order valence-electron chi connectivity index (χ1n) is 10.8. The number of alkyl carbamates (subject to hydrolysis) is 1. The lowest BCUT2D eigenvalue weighted by Gasteiger charge is -2.24. The maximum Gasteiger partial charge on any atom is 0.407 e. The summed E-state index contributed by atoms with van der Waals surface area (Å²) in [4.78, 5) is 28.6. The minimum absolute atomic E-state index is 0.000413. The molecule has 2 rings (SSSR count). The van der Waals surface area contributed by atoms with Gasteiger partial charge >= 0.3 is 6.09 Å². The summed E-state index contributed by atoms with van der Waals surface area (Å²) < 4.78 is 6.77. The molecule has 0 radical (unpaired) electrons. The zero-order chi connectivity index (χ0) is 23.4. The summed E-state index contributed by atoms with van der Waals surface area (Å²) in [6.07, 6.45) is 3.67. The number of aliphatic hydroxyl groups is 1. The van der Waals surface area contributed by atoms with Crippen LogP contribution >= 0.6 is 0 Å². The molecule has 0 fully saturated rings. The smallest absolute Gasteiger partial charge is 0.407 e. The Labute approximate surface area is 188 Å². The third-order valence-electron chi connectivity index (χ3n) is 4.79. The van der Waals surface area contributed by atoms with E-state index in [0.29, 0.717) is 31.8 Å². The van der Waals surface area contributed by atoms with Crippen molar-refractivity contribution >= 4 is 12.0 Å². The highest BCUT2D eigenvalue weighted by Crippen LogP contribution is 2.19. The number of nitrogens with zero attached hydrogens (tertiary/aromatic N) is 3. The van der Waals surface area contributed by atoms with Crippen LogP contribution in [0.25, 0.3) is 0 Å². The van der Waals surface area contributed by atoms with Crippen LogP contribution in [-0.4, -0.2) is 57.2 Å². The number of nitrogens with one attached hydrogen (secondary N) is 2. The molecule has 10 heteroatoms. The molecule has 1 atom stereocenters. The summed E-state index contributed by atoms with van der Waals surface area (Å²) in [5, 5.41) is 18.5. The molecule has 1 unspecified atom stereocenters. The van der Waals surface area contributed by atoms with Crippen molar-refractivity contribution in [1.29, 1.82) is 0 Å². The van der Waals surface area contributed by atoms with Crippen LogP contribution in [0.2, 0.25) is 0 Å². The van der Waals surface area contributed by atoms with Crippen molar-refractivity contribution in [3.63, 3.8) is 0 Å². The Kier molecular flexibility index (Phi) is 10.1. The van der Waals surface area contributed by atoms with Crippen LogP contribution in [0.1, 0.15) is 50.5 Å². The molecule has 0 bridgehead atoms. The maximum atomic E-state index is 12.6. The van der Waals surface area contributed by atoms with E-state index in [2.05, 4.69) is 32.8 Å². The number of aliphatic hydroxyl groups excluding tert-OH is 1. The van der Waals surface area contributed by atoms with Gasteiger partial charge in [-0.15, -0.1) is 0 Å². The zero-order valence-electron chi connectivity index (χ0n) is 18.8. The van der Waals surface area contributed by atoms with Crippen molar-refractivity contribution in [2.24, 2.45) is 5.73 Å². The second-order valence-corrected chi connectivity index (χ2v) is 8.11. The van der Waals surface area contributed by atoms with Gasteiger partial charge in [0, 0.05) is 13.2 Å². The zero-order valence-corrected chi connectivity index (χ0v) is 18.8. The van der Waals surface area contributed by atoms with Crippen molar-refractivity contribution in [3.05, 3.63) is 48.0 Å². The van der Waals surface area contributed by atoms with E-state index >= 15 is 0 Å². The topological polar surface area (TPSA) is 144 Å². The predicted octanol–water partition coefficient (Wildman–Crippen LogP) is 1.30. The first-order chi connectivity index (χ1) is 15.3. The van der Waals surface area contributed by atoms with Crippen LogP contribution in [0.15, 0.2) is 36.7 Å². The second-order valence-electron chi connectivity index (χ2n) is 8.11. The van der Waals surface area contributed by atoms with Gasteiger partial charge in [-0.3, -0.25) is 4.79 Å². The molecule has 2 aromatic rings. The second kappa shape index (κ2) is 12.8. The van der Waals surface area contributed by atoms with Crippen molar-refractivity contribution in [2.75, 3.05) is 19.8 Å². The number of aromatic nitrogens is 3. The Bertz CT molecular complexity index is 834. The lowest BCUT2D eigenvalue weighted by molar-refractivity contribution is -0.126. The third-order valence-corrected chi connectivity index (χ3v) is 4.79. The number of aryl methyl sites for hydroxylation is 1. The summed E-state index contributed by atoms with van der Waals surface area (Å²) in [7, 11) is 0.